The summed E-state index contributed by atoms with van der Waals surface area (Å²) in [6.07, 6.45) is 0.756. The molecule has 2 aliphatic heterocycles. The fourth-order valence-electron chi connectivity index (χ4n) is 3.19. The lowest BCUT2D eigenvalue weighted by Crippen LogP contribution is -2.39. The highest BCUT2D eigenvalue weighted by atomic mass is 32.2. The van der Waals surface area contributed by atoms with Gasteiger partial charge in [-0.05, 0) is 20.8 Å². The van der Waals surface area contributed by atoms with E-state index in [-0.39, 0.29) is 5.60 Å². The van der Waals surface area contributed by atoms with Crippen LogP contribution in [0.4, 0.5) is 5.69 Å². The molecule has 6 heteroatoms. The second kappa shape index (κ2) is 7.36. The molecule has 3 rings (SSSR count). The maximum atomic E-state index is 9.87. The number of hydrogen-bond acceptors (Lipinski definition) is 6. The number of fused-ring (bicyclic) bond motifs is 1. The highest BCUT2D eigenvalue weighted by Crippen LogP contribution is 2.39. The molecule has 1 aromatic rings. The largest absolute Gasteiger partial charge is 0.378 e. The van der Waals surface area contributed by atoms with Crippen molar-refractivity contribution >= 4 is 17.4 Å². The van der Waals surface area contributed by atoms with Crippen LogP contribution in [0.3, 0.4) is 0 Å². The number of anilines is 1. The molecular weight excluding hydrogens is 334 g/mol. The van der Waals surface area contributed by atoms with E-state index in [1.165, 1.54) is 0 Å². The molecule has 0 N–H and O–H groups in total. The number of nitriles is 1. The Morgan fingerprint density at radius 1 is 1.40 bits per heavy atom. The first-order valence-electron chi connectivity index (χ1n) is 8.61. The smallest absolute Gasteiger partial charge is 0.117 e. The fourth-order valence-corrected chi connectivity index (χ4v) is 4.03. The van der Waals surface area contributed by atoms with Gasteiger partial charge in [-0.25, -0.2) is 4.98 Å². The van der Waals surface area contributed by atoms with E-state index in [1.807, 2.05) is 6.92 Å². The van der Waals surface area contributed by atoms with Crippen LogP contribution in [0.25, 0.3) is 0 Å². The van der Waals surface area contributed by atoms with Crippen LogP contribution in [0.2, 0.25) is 0 Å². The Morgan fingerprint density at radius 3 is 2.76 bits per heavy atom. The van der Waals surface area contributed by atoms with Gasteiger partial charge in [-0.3, -0.25) is 0 Å². The van der Waals surface area contributed by atoms with Gasteiger partial charge in [0.1, 0.15) is 16.7 Å². The molecule has 0 amide bonds. The minimum atomic E-state index is -0.229. The van der Waals surface area contributed by atoms with Gasteiger partial charge in [0, 0.05) is 30.8 Å². The Bertz CT molecular complexity index is 718. The summed E-state index contributed by atoms with van der Waals surface area (Å²) in [5.41, 5.74) is 4.63. The molecule has 1 saturated heterocycles. The summed E-state index contributed by atoms with van der Waals surface area (Å²) in [5.74, 6) is 0.767. The number of nitrogens with zero attached hydrogens (tertiary/aromatic N) is 3. The van der Waals surface area contributed by atoms with Crippen molar-refractivity contribution in [1.29, 1.82) is 5.26 Å². The molecule has 3 heterocycles. The Balaban J connectivity index is 2.10. The van der Waals surface area contributed by atoms with Gasteiger partial charge in [0.2, 0.25) is 0 Å². The molecule has 134 valence electrons. The maximum absolute atomic E-state index is 9.87. The van der Waals surface area contributed by atoms with E-state index in [1.54, 1.807) is 11.8 Å². The zero-order valence-corrected chi connectivity index (χ0v) is 16.0. The van der Waals surface area contributed by atoms with Crippen molar-refractivity contribution in [3.63, 3.8) is 0 Å². The number of thioether (sulfide) groups is 1. The highest BCUT2D eigenvalue weighted by molar-refractivity contribution is 7.99. The summed E-state index contributed by atoms with van der Waals surface area (Å²) in [7, 11) is 0. The molecule has 0 bridgehead atoms. The van der Waals surface area contributed by atoms with Gasteiger partial charge in [0.25, 0.3) is 0 Å². The topological polar surface area (TPSA) is 58.4 Å². The lowest BCUT2D eigenvalue weighted by atomic mass is 9.93. The van der Waals surface area contributed by atoms with Crippen LogP contribution in [0.5, 0.6) is 0 Å². The third-order valence-corrected chi connectivity index (χ3v) is 5.62. The van der Waals surface area contributed by atoms with Gasteiger partial charge in [0.05, 0.1) is 36.8 Å². The molecule has 1 aromatic heterocycles. The van der Waals surface area contributed by atoms with Gasteiger partial charge in [-0.2, -0.15) is 5.26 Å². The van der Waals surface area contributed by atoms with Crippen molar-refractivity contribution in [1.82, 2.24) is 4.98 Å². The summed E-state index contributed by atoms with van der Waals surface area (Å²) in [4.78, 5) is 7.13. The average molecular weight is 359 g/mol. The van der Waals surface area contributed by atoms with Gasteiger partial charge >= 0.3 is 0 Å². The SMILES string of the molecule is C=C(C)CSc1nc2c(c(N3CCOCC3)c1C#N)COC(C)(C)C2. The summed E-state index contributed by atoms with van der Waals surface area (Å²) < 4.78 is 11.5. The van der Waals surface area contributed by atoms with Crippen LogP contribution in [-0.2, 0) is 22.5 Å². The van der Waals surface area contributed by atoms with Crippen LogP contribution < -0.4 is 4.90 Å². The Morgan fingerprint density at radius 2 is 2.12 bits per heavy atom. The molecule has 25 heavy (non-hydrogen) atoms. The van der Waals surface area contributed by atoms with E-state index in [0.717, 1.165) is 52.8 Å². The lowest BCUT2D eigenvalue weighted by molar-refractivity contribution is -0.0413. The fraction of sp³-hybridized carbons (Fsp3) is 0.579. The molecule has 0 radical (unpaired) electrons. The summed E-state index contributed by atoms with van der Waals surface area (Å²) in [6, 6.07) is 2.41. The molecule has 0 aliphatic carbocycles. The van der Waals surface area contributed by atoms with Crippen molar-refractivity contribution < 1.29 is 9.47 Å². The second-order valence-electron chi connectivity index (χ2n) is 7.25. The molecule has 0 unspecified atom stereocenters. The van der Waals surface area contributed by atoms with Crippen molar-refractivity contribution in [2.75, 3.05) is 37.0 Å². The van der Waals surface area contributed by atoms with E-state index in [9.17, 15) is 5.26 Å². The minimum absolute atomic E-state index is 0.229. The van der Waals surface area contributed by atoms with Crippen LogP contribution >= 0.6 is 11.8 Å². The van der Waals surface area contributed by atoms with Crippen LogP contribution in [0.15, 0.2) is 17.2 Å². The number of aromatic nitrogens is 1. The average Bonchev–Trinajstić information content (AvgIpc) is 2.58. The minimum Gasteiger partial charge on any atom is -0.378 e. The van der Waals surface area contributed by atoms with Gasteiger partial charge in [-0.1, -0.05) is 12.2 Å². The summed E-state index contributed by atoms with van der Waals surface area (Å²) >= 11 is 1.60. The Hall–Kier alpha value is -1.55. The van der Waals surface area contributed by atoms with Crippen molar-refractivity contribution in [2.45, 2.75) is 44.4 Å². The first kappa shape index (κ1) is 18.2. The Kier molecular flexibility index (Phi) is 5.38. The Labute approximate surface area is 154 Å². The molecule has 2 aliphatic rings. The molecule has 0 saturated carbocycles. The van der Waals surface area contributed by atoms with Crippen LogP contribution in [0, 0.1) is 11.3 Å². The zero-order chi connectivity index (χ0) is 18.0. The van der Waals surface area contributed by atoms with Gasteiger partial charge < -0.3 is 14.4 Å². The molecule has 0 atom stereocenters. The lowest BCUT2D eigenvalue weighted by Gasteiger charge is -2.37. The standard InChI is InChI=1S/C19H25N3O2S/c1-13(2)12-25-18-14(10-20)17(22-5-7-23-8-6-22)15-11-24-19(3,4)9-16(15)21-18/h1,5-9,11-12H2,2-4H3. The van der Waals surface area contributed by atoms with Gasteiger partial charge in [-0.15, -0.1) is 11.8 Å². The molecule has 1 fully saturated rings. The van der Waals surface area contributed by atoms with Gasteiger partial charge in [0.15, 0.2) is 0 Å². The quantitative estimate of drug-likeness (QED) is 0.607. The monoisotopic (exact) mass is 359 g/mol. The summed E-state index contributed by atoms with van der Waals surface area (Å²) in [5, 5.41) is 10.7. The van der Waals surface area contributed by atoms with E-state index in [0.29, 0.717) is 25.4 Å². The summed E-state index contributed by atoms with van der Waals surface area (Å²) in [6.45, 7) is 13.6. The number of ether oxygens (including phenoxy) is 2. The molecular formula is C19H25N3O2S. The van der Waals surface area contributed by atoms with Crippen molar-refractivity contribution in [2.24, 2.45) is 0 Å². The van der Waals surface area contributed by atoms with Crippen LogP contribution in [-0.4, -0.2) is 42.6 Å². The predicted octanol–water partition coefficient (Wildman–Crippen LogP) is 3.31. The first-order chi connectivity index (χ1) is 11.9. The first-order valence-corrected chi connectivity index (χ1v) is 9.59. The number of rotatable bonds is 4. The van der Waals surface area contributed by atoms with E-state index < -0.39 is 0 Å². The third kappa shape index (κ3) is 4.00. The van der Waals surface area contributed by atoms with Crippen molar-refractivity contribution in [3.8, 4) is 6.07 Å². The maximum Gasteiger partial charge on any atom is 0.117 e. The highest BCUT2D eigenvalue weighted by Gasteiger charge is 2.33. The van der Waals surface area contributed by atoms with E-state index in [4.69, 9.17) is 14.5 Å². The predicted molar refractivity (Wildman–Crippen MR) is 100 cm³/mol. The molecule has 0 aromatic carbocycles. The number of morpholine rings is 1. The van der Waals surface area contributed by atoms with Crippen LogP contribution in [0.1, 0.15) is 37.6 Å². The molecule has 5 nitrogen and oxygen atoms in total. The van der Waals surface area contributed by atoms with Crippen molar-refractivity contribution in [3.05, 3.63) is 29.0 Å². The molecule has 0 spiro atoms. The third-order valence-electron chi connectivity index (χ3n) is 4.42. The second-order valence-corrected chi connectivity index (χ2v) is 8.21. The van der Waals surface area contributed by atoms with E-state index >= 15 is 0 Å². The zero-order valence-electron chi connectivity index (χ0n) is 15.2. The number of hydrogen-bond donors (Lipinski definition) is 0. The normalized spacial score (nSPS) is 19.2. The number of pyridine rings is 1. The van der Waals surface area contributed by atoms with E-state index in [2.05, 4.69) is 31.4 Å².